The first-order valence-corrected chi connectivity index (χ1v) is 14.6. The molecule has 4 aromatic rings. The molecule has 0 aliphatic carbocycles. The van der Waals surface area contributed by atoms with Crippen molar-refractivity contribution in [2.45, 2.75) is 32.0 Å². The minimum atomic E-state index is -0.627. The highest BCUT2D eigenvalue weighted by atomic mass is 16.7. The average Bonchev–Trinajstić information content (AvgIpc) is 3.07. The first-order valence-electron chi connectivity index (χ1n) is 14.6. The summed E-state index contributed by atoms with van der Waals surface area (Å²) in [4.78, 5) is 30.3. The summed E-state index contributed by atoms with van der Waals surface area (Å²) in [5.41, 5.74) is 3.85. The van der Waals surface area contributed by atoms with E-state index in [0.717, 1.165) is 55.4 Å². The van der Waals surface area contributed by atoms with Crippen molar-refractivity contribution in [3.05, 3.63) is 114 Å². The van der Waals surface area contributed by atoms with Crippen LogP contribution < -0.4 is 10.2 Å². The van der Waals surface area contributed by atoms with Gasteiger partial charge in [0.25, 0.3) is 5.91 Å². The van der Waals surface area contributed by atoms with Gasteiger partial charge >= 0.3 is 0 Å². The number of aromatic nitrogens is 3. The van der Waals surface area contributed by atoms with Crippen LogP contribution in [0.15, 0.2) is 91.5 Å². The number of anilines is 2. The fourth-order valence-electron chi connectivity index (χ4n) is 5.63. The Kier molecular flexibility index (Phi) is 8.99. The minimum Gasteiger partial charge on any atom is -0.392 e. The Bertz CT molecular complexity index is 1480. The lowest BCUT2D eigenvalue weighted by molar-refractivity contribution is -0.276. The van der Waals surface area contributed by atoms with Gasteiger partial charge in [0, 0.05) is 74.7 Å². The van der Waals surface area contributed by atoms with Gasteiger partial charge in [-0.1, -0.05) is 43.3 Å². The number of nitrogens with zero attached hydrogens (tertiary/aromatic N) is 5. The SMILES string of the molecule is CC1C(CN2CCN(c3ncccn3)CC2)OC(c2cccc(NC(=O)c3cccnc3)c2)OC1c1ccc(CO)cc1. The second kappa shape index (κ2) is 13.4. The number of amides is 1. The van der Waals surface area contributed by atoms with Crippen molar-refractivity contribution in [3.8, 4) is 0 Å². The third-order valence-corrected chi connectivity index (χ3v) is 8.11. The van der Waals surface area contributed by atoms with E-state index in [1.165, 1.54) is 6.20 Å². The van der Waals surface area contributed by atoms with E-state index in [-0.39, 0.29) is 30.6 Å². The number of hydrogen-bond acceptors (Lipinski definition) is 9. The van der Waals surface area contributed by atoms with Crippen LogP contribution in [0.5, 0.6) is 0 Å². The molecule has 222 valence electrons. The lowest BCUT2D eigenvalue weighted by Gasteiger charge is -2.44. The van der Waals surface area contributed by atoms with Gasteiger partial charge in [-0.2, -0.15) is 0 Å². The van der Waals surface area contributed by atoms with Crippen LogP contribution >= 0.6 is 0 Å². The molecule has 43 heavy (non-hydrogen) atoms. The first kappa shape index (κ1) is 28.9. The quantitative estimate of drug-likeness (QED) is 0.316. The van der Waals surface area contributed by atoms with Crippen LogP contribution in [0.25, 0.3) is 0 Å². The van der Waals surface area contributed by atoms with Gasteiger partial charge in [0.15, 0.2) is 6.29 Å². The Morgan fingerprint density at radius 3 is 2.44 bits per heavy atom. The highest BCUT2D eigenvalue weighted by Crippen LogP contribution is 2.42. The molecule has 2 aliphatic heterocycles. The Morgan fingerprint density at radius 2 is 1.72 bits per heavy atom. The van der Waals surface area contributed by atoms with Gasteiger partial charge < -0.3 is 24.8 Å². The maximum atomic E-state index is 12.8. The number of hydrogen-bond donors (Lipinski definition) is 2. The first-order chi connectivity index (χ1) is 21.1. The lowest BCUT2D eigenvalue weighted by Crippen LogP contribution is -2.51. The summed E-state index contributed by atoms with van der Waals surface area (Å²) >= 11 is 0. The van der Waals surface area contributed by atoms with E-state index in [1.54, 1.807) is 30.7 Å². The van der Waals surface area contributed by atoms with Crippen LogP contribution in [0, 0.1) is 5.92 Å². The molecule has 2 N–H and O–H groups in total. The Hall–Kier alpha value is -4.22. The van der Waals surface area contributed by atoms with Crippen LogP contribution in [0.1, 0.15) is 46.4 Å². The molecule has 0 spiro atoms. The number of ether oxygens (including phenoxy) is 2. The fourth-order valence-corrected chi connectivity index (χ4v) is 5.63. The zero-order valence-corrected chi connectivity index (χ0v) is 24.1. The minimum absolute atomic E-state index is 0.00667. The molecule has 0 radical (unpaired) electrons. The van der Waals surface area contributed by atoms with Crippen molar-refractivity contribution >= 4 is 17.5 Å². The van der Waals surface area contributed by atoms with Crippen LogP contribution in [-0.2, 0) is 16.1 Å². The summed E-state index contributed by atoms with van der Waals surface area (Å²) in [5.74, 6) is 0.601. The second-order valence-electron chi connectivity index (χ2n) is 11.0. The smallest absolute Gasteiger partial charge is 0.257 e. The van der Waals surface area contributed by atoms with Gasteiger partial charge in [-0.05, 0) is 41.5 Å². The normalized spacial score (nSPS) is 22.7. The molecule has 6 rings (SSSR count). The molecule has 0 saturated carbocycles. The van der Waals surface area contributed by atoms with Crippen molar-refractivity contribution in [2.24, 2.45) is 5.92 Å². The molecule has 4 unspecified atom stereocenters. The molecular formula is C33H36N6O4. The summed E-state index contributed by atoms with van der Waals surface area (Å²) in [5, 5.41) is 12.5. The molecule has 0 bridgehead atoms. The van der Waals surface area contributed by atoms with E-state index in [4.69, 9.17) is 9.47 Å². The number of piperazine rings is 1. The molecule has 2 aliphatic rings. The molecule has 2 aromatic carbocycles. The average molecular weight is 581 g/mol. The third-order valence-electron chi connectivity index (χ3n) is 8.11. The molecule has 1 amide bonds. The molecular weight excluding hydrogens is 544 g/mol. The topological polar surface area (TPSA) is 113 Å². The van der Waals surface area contributed by atoms with Crippen LogP contribution in [0.3, 0.4) is 0 Å². The van der Waals surface area contributed by atoms with E-state index in [2.05, 4.69) is 37.0 Å². The molecule has 4 heterocycles. The maximum Gasteiger partial charge on any atom is 0.257 e. The van der Waals surface area contributed by atoms with Gasteiger partial charge in [-0.15, -0.1) is 0 Å². The van der Waals surface area contributed by atoms with Gasteiger partial charge in [-0.25, -0.2) is 9.97 Å². The predicted octanol–water partition coefficient (Wildman–Crippen LogP) is 4.23. The van der Waals surface area contributed by atoms with Gasteiger partial charge in [0.05, 0.1) is 24.4 Å². The number of aliphatic hydroxyl groups excluding tert-OH is 1. The highest BCUT2D eigenvalue weighted by molar-refractivity contribution is 6.04. The van der Waals surface area contributed by atoms with Crippen molar-refractivity contribution < 1.29 is 19.4 Å². The second-order valence-corrected chi connectivity index (χ2v) is 11.0. The Morgan fingerprint density at radius 1 is 0.930 bits per heavy atom. The molecule has 2 fully saturated rings. The summed E-state index contributed by atoms with van der Waals surface area (Å²) in [6, 6.07) is 20.8. The van der Waals surface area contributed by atoms with Crippen LogP contribution in [0.2, 0.25) is 0 Å². The Labute approximate surface area is 251 Å². The van der Waals surface area contributed by atoms with Gasteiger partial charge in [0.1, 0.15) is 0 Å². The summed E-state index contributed by atoms with van der Waals surface area (Å²) in [7, 11) is 0. The molecule has 2 saturated heterocycles. The molecule has 4 atom stereocenters. The predicted molar refractivity (Wildman–Crippen MR) is 162 cm³/mol. The van der Waals surface area contributed by atoms with Crippen LogP contribution in [-0.4, -0.2) is 69.7 Å². The lowest BCUT2D eigenvalue weighted by atomic mass is 9.90. The number of benzene rings is 2. The monoisotopic (exact) mass is 580 g/mol. The van der Waals surface area contributed by atoms with Crippen molar-refractivity contribution in [1.29, 1.82) is 0 Å². The Balaban J connectivity index is 1.20. The number of aliphatic hydroxyl groups is 1. The fraction of sp³-hybridized carbons (Fsp3) is 0.333. The van der Waals surface area contributed by atoms with Crippen molar-refractivity contribution in [2.75, 3.05) is 42.9 Å². The van der Waals surface area contributed by atoms with E-state index < -0.39 is 6.29 Å². The number of carbonyl (C=O) groups excluding carboxylic acids is 1. The number of carbonyl (C=O) groups is 1. The maximum absolute atomic E-state index is 12.8. The third kappa shape index (κ3) is 6.89. The highest BCUT2D eigenvalue weighted by Gasteiger charge is 2.39. The zero-order valence-electron chi connectivity index (χ0n) is 24.1. The van der Waals surface area contributed by atoms with E-state index in [9.17, 15) is 9.90 Å². The summed E-state index contributed by atoms with van der Waals surface area (Å²) in [6.45, 7) is 6.36. The van der Waals surface area contributed by atoms with Crippen LogP contribution in [0.4, 0.5) is 11.6 Å². The van der Waals surface area contributed by atoms with E-state index in [1.807, 2.05) is 54.6 Å². The largest absolute Gasteiger partial charge is 0.392 e. The standard InChI is InChI=1S/C33H36N6O4/c1-23-29(21-38-15-17-39(18-16-38)33-35-13-4-14-36-33)42-32(43-30(23)25-10-8-24(22-40)9-11-25)26-5-2-7-28(19-26)37-31(41)27-6-3-12-34-20-27/h2-14,19-20,23,29-30,32,40H,15-18,21-22H2,1H3,(H,37,41). The van der Waals surface area contributed by atoms with Gasteiger partial charge in [0.2, 0.25) is 5.95 Å². The molecule has 2 aromatic heterocycles. The van der Waals surface area contributed by atoms with E-state index in [0.29, 0.717) is 11.3 Å². The number of nitrogens with one attached hydrogen (secondary N) is 1. The molecule has 10 heteroatoms. The zero-order chi connectivity index (χ0) is 29.6. The number of rotatable bonds is 8. The van der Waals surface area contributed by atoms with Crippen molar-refractivity contribution in [1.82, 2.24) is 19.9 Å². The number of pyridine rings is 1. The van der Waals surface area contributed by atoms with Gasteiger partial charge in [-0.3, -0.25) is 14.7 Å². The summed E-state index contributed by atoms with van der Waals surface area (Å²) < 4.78 is 13.3. The summed E-state index contributed by atoms with van der Waals surface area (Å²) in [6.07, 6.45) is 5.78. The van der Waals surface area contributed by atoms with Crippen molar-refractivity contribution in [3.63, 3.8) is 0 Å². The van der Waals surface area contributed by atoms with E-state index >= 15 is 0 Å². The molecule has 10 nitrogen and oxygen atoms in total.